The lowest BCUT2D eigenvalue weighted by Crippen LogP contribution is -1.93. The van der Waals surface area contributed by atoms with E-state index in [1.54, 1.807) is 0 Å². The summed E-state index contributed by atoms with van der Waals surface area (Å²) in [6, 6.07) is 65.6. The van der Waals surface area contributed by atoms with Crippen LogP contribution in [0.4, 0.5) is 0 Å². The van der Waals surface area contributed by atoms with Crippen LogP contribution in [0, 0.1) is 0 Å². The number of fused-ring (bicyclic) bond motifs is 10. The largest absolute Gasteiger partial charge is 0.309 e. The third-order valence-electron chi connectivity index (χ3n) is 12.4. The summed E-state index contributed by atoms with van der Waals surface area (Å²) in [5.74, 6) is 0. The zero-order valence-corrected chi connectivity index (χ0v) is 33.4. The van der Waals surface area contributed by atoms with E-state index in [1.807, 2.05) is 17.4 Å². The van der Waals surface area contributed by atoms with E-state index in [-0.39, 0.29) is 0 Å². The molecule has 0 atom stereocenters. The van der Waals surface area contributed by atoms with Crippen molar-refractivity contribution in [2.45, 2.75) is 6.92 Å². The second-order valence-corrected chi connectivity index (χ2v) is 16.7. The van der Waals surface area contributed by atoms with Crippen LogP contribution in [-0.2, 0) is 0 Å². The molecule has 0 bridgehead atoms. The lowest BCUT2D eigenvalue weighted by molar-refractivity contribution is 1.18. The molecule has 0 aliphatic rings. The van der Waals surface area contributed by atoms with Gasteiger partial charge in [0.2, 0.25) is 0 Å². The Bertz CT molecular complexity index is 3690. The minimum Gasteiger partial charge on any atom is -0.309 e. The predicted octanol–water partition coefficient (Wildman–Crippen LogP) is 16.8. The summed E-state index contributed by atoms with van der Waals surface area (Å²) in [7, 11) is 0. The van der Waals surface area contributed by atoms with Gasteiger partial charge in [0.25, 0.3) is 0 Å². The van der Waals surface area contributed by atoms with E-state index >= 15 is 0 Å². The molecule has 12 rings (SSSR count). The fraction of sp³-hybridized carbons (Fsp3) is 0.0175. The first kappa shape index (κ1) is 33.8. The molecule has 0 radical (unpaired) electrons. The van der Waals surface area contributed by atoms with Gasteiger partial charge in [-0.05, 0) is 144 Å². The van der Waals surface area contributed by atoms with Crippen LogP contribution < -0.4 is 0 Å². The molecule has 0 fully saturated rings. The Balaban J connectivity index is 1.10. The fourth-order valence-corrected chi connectivity index (χ4v) is 10.9. The maximum absolute atomic E-state index is 4.09. The normalized spacial score (nSPS) is 12.2. The maximum Gasteiger partial charge on any atom is 0.0547 e. The summed E-state index contributed by atoms with van der Waals surface area (Å²) in [5.41, 5.74) is 11.0. The molecule has 0 N–H and O–H groups in total. The standard InChI is InChI=1S/C57H37NS/c1-3-14-42-35(4-2)23-24-38-30-51-50-32-40(26-28-54(50)59-55(51)34-47(38)42)57-45-21-12-10-19-43(45)56(44-20-11-13-22-46(44)57)39-25-27-52-48(31-39)49-29-36-15-8-9-16-37(36)33-53(49)58(52)41-17-6-5-7-18-41/h3-34H,2H2,1H3/b14-3-. The quantitative estimate of drug-likeness (QED) is 0.154. The molecular formula is C57H37NS. The smallest absolute Gasteiger partial charge is 0.0547 e. The van der Waals surface area contributed by atoms with E-state index in [9.17, 15) is 0 Å². The van der Waals surface area contributed by atoms with Gasteiger partial charge in [0.15, 0.2) is 0 Å². The Kier molecular flexibility index (Phi) is 7.54. The highest BCUT2D eigenvalue weighted by molar-refractivity contribution is 7.25. The molecule has 276 valence electrons. The summed E-state index contributed by atoms with van der Waals surface area (Å²) < 4.78 is 5.03. The molecule has 0 aliphatic heterocycles. The third kappa shape index (κ3) is 5.10. The zero-order chi connectivity index (χ0) is 39.2. The van der Waals surface area contributed by atoms with Crippen molar-refractivity contribution in [3.8, 4) is 27.9 Å². The molecule has 1 nitrogen and oxygen atoms in total. The number of allylic oxidation sites excluding steroid dienone is 1. The van der Waals surface area contributed by atoms with Gasteiger partial charge >= 0.3 is 0 Å². The van der Waals surface area contributed by atoms with Crippen molar-refractivity contribution in [3.05, 3.63) is 200 Å². The summed E-state index contributed by atoms with van der Waals surface area (Å²) >= 11 is 1.88. The Morgan fingerprint density at radius 1 is 0.441 bits per heavy atom. The van der Waals surface area contributed by atoms with Crippen molar-refractivity contribution in [3.63, 3.8) is 0 Å². The van der Waals surface area contributed by atoms with Gasteiger partial charge in [0, 0.05) is 36.6 Å². The van der Waals surface area contributed by atoms with Crippen molar-refractivity contribution < 1.29 is 0 Å². The molecule has 0 aliphatic carbocycles. The number of nitrogens with zero attached hydrogens (tertiary/aromatic N) is 1. The van der Waals surface area contributed by atoms with Crippen LogP contribution in [0.1, 0.15) is 18.1 Å². The molecule has 12 aromatic rings. The van der Waals surface area contributed by atoms with Gasteiger partial charge in [-0.2, -0.15) is 0 Å². The lowest BCUT2D eigenvalue weighted by atomic mass is 9.85. The third-order valence-corrected chi connectivity index (χ3v) is 13.5. The highest BCUT2D eigenvalue weighted by Gasteiger charge is 2.20. The summed E-state index contributed by atoms with van der Waals surface area (Å²) in [5, 5.41) is 15.2. The first-order valence-corrected chi connectivity index (χ1v) is 21.1. The molecule has 2 aromatic heterocycles. The Morgan fingerprint density at radius 2 is 1.02 bits per heavy atom. The van der Waals surface area contributed by atoms with Crippen molar-refractivity contribution in [2.24, 2.45) is 0 Å². The molecule has 2 heterocycles. The van der Waals surface area contributed by atoms with Crippen LogP contribution in [-0.4, -0.2) is 4.57 Å². The number of thiophene rings is 1. The minimum absolute atomic E-state index is 1.16. The molecule has 0 saturated heterocycles. The minimum atomic E-state index is 1.16. The molecule has 0 spiro atoms. The van der Waals surface area contributed by atoms with Crippen molar-refractivity contribution in [2.75, 3.05) is 0 Å². The highest BCUT2D eigenvalue weighted by Crippen LogP contribution is 2.47. The van der Waals surface area contributed by atoms with E-state index in [2.05, 4.69) is 206 Å². The number of hydrogen-bond donors (Lipinski definition) is 0. The Labute approximate surface area is 346 Å². The van der Waals surface area contributed by atoms with Gasteiger partial charge in [-0.3, -0.25) is 0 Å². The molecule has 2 heteroatoms. The fourth-order valence-electron chi connectivity index (χ4n) is 9.79. The summed E-state index contributed by atoms with van der Waals surface area (Å²) in [6.45, 7) is 6.17. The average Bonchev–Trinajstić information content (AvgIpc) is 3.80. The molecule has 0 unspecified atom stereocenters. The van der Waals surface area contributed by atoms with Crippen LogP contribution in [0.5, 0.6) is 0 Å². The predicted molar refractivity (Wildman–Crippen MR) is 259 cm³/mol. The van der Waals surface area contributed by atoms with Gasteiger partial charge in [-0.25, -0.2) is 0 Å². The number of aromatic nitrogens is 1. The second-order valence-electron chi connectivity index (χ2n) is 15.6. The zero-order valence-electron chi connectivity index (χ0n) is 32.5. The van der Waals surface area contributed by atoms with Crippen LogP contribution in [0.3, 0.4) is 0 Å². The summed E-state index contributed by atoms with van der Waals surface area (Å²) in [4.78, 5) is 0. The average molecular weight is 768 g/mol. The molecule has 59 heavy (non-hydrogen) atoms. The van der Waals surface area contributed by atoms with E-state index in [4.69, 9.17) is 0 Å². The Hall–Kier alpha value is -7.26. The number of benzene rings is 10. The van der Waals surface area contributed by atoms with E-state index in [0.717, 1.165) is 5.56 Å². The first-order valence-electron chi connectivity index (χ1n) is 20.3. The molecule has 10 aromatic carbocycles. The van der Waals surface area contributed by atoms with Gasteiger partial charge < -0.3 is 4.57 Å². The monoisotopic (exact) mass is 767 g/mol. The SMILES string of the molecule is C=Cc1ccc2cc3c(cc2c1/C=C\C)sc1ccc(-c2c4ccccc4c(-c4ccc5c(c4)c4cc6ccccc6cc4n5-c4ccccc4)c4ccccc24)cc13. The maximum atomic E-state index is 4.09. The number of rotatable bonds is 5. The molecule has 0 amide bonds. The second kappa shape index (κ2) is 13.1. The van der Waals surface area contributed by atoms with Crippen molar-refractivity contribution in [1.82, 2.24) is 4.57 Å². The molecule has 0 saturated carbocycles. The highest BCUT2D eigenvalue weighted by atomic mass is 32.1. The van der Waals surface area contributed by atoms with Crippen LogP contribution in [0.2, 0.25) is 0 Å². The van der Waals surface area contributed by atoms with Crippen LogP contribution >= 0.6 is 11.3 Å². The van der Waals surface area contributed by atoms with Crippen LogP contribution in [0.15, 0.2) is 189 Å². The van der Waals surface area contributed by atoms with Crippen molar-refractivity contribution >= 4 is 109 Å². The Morgan fingerprint density at radius 3 is 1.69 bits per heavy atom. The van der Waals surface area contributed by atoms with E-state index in [0.29, 0.717) is 0 Å². The first-order chi connectivity index (χ1) is 29.2. The number of hydrogen-bond acceptors (Lipinski definition) is 1. The lowest BCUT2D eigenvalue weighted by Gasteiger charge is -2.18. The van der Waals surface area contributed by atoms with E-state index < -0.39 is 0 Å². The summed E-state index contributed by atoms with van der Waals surface area (Å²) in [6.07, 6.45) is 6.29. The molecular weight excluding hydrogens is 731 g/mol. The van der Waals surface area contributed by atoms with Gasteiger partial charge in [0.05, 0.1) is 11.0 Å². The van der Waals surface area contributed by atoms with Gasteiger partial charge in [-0.1, -0.05) is 140 Å². The topological polar surface area (TPSA) is 4.93 Å². The van der Waals surface area contributed by atoms with E-state index in [1.165, 1.54) is 119 Å². The van der Waals surface area contributed by atoms with Gasteiger partial charge in [0.1, 0.15) is 0 Å². The van der Waals surface area contributed by atoms with Crippen LogP contribution in [0.25, 0.3) is 125 Å². The number of para-hydroxylation sites is 1. The van der Waals surface area contributed by atoms with Gasteiger partial charge in [-0.15, -0.1) is 11.3 Å². The van der Waals surface area contributed by atoms with Crippen molar-refractivity contribution in [1.29, 1.82) is 0 Å².